The molecule has 2 aromatic rings. The normalized spacial score (nSPS) is 21.3. The fraction of sp³-hybridized carbons (Fsp3) is 0.391. The van der Waals surface area contributed by atoms with Crippen LogP contribution in [0.3, 0.4) is 0 Å². The number of nitrogens with zero attached hydrogens (tertiary/aromatic N) is 3. The number of rotatable bonds is 4. The molecule has 1 atom stereocenters. The Labute approximate surface area is 183 Å². The summed E-state index contributed by atoms with van der Waals surface area (Å²) >= 11 is 5.70. The molecule has 0 aromatic heterocycles. The molecule has 1 amide bonds. The predicted octanol–water partition coefficient (Wildman–Crippen LogP) is 3.84. The number of hydrogen-bond donors (Lipinski definition) is 0. The third-order valence-electron chi connectivity index (χ3n) is 5.61. The lowest BCUT2D eigenvalue weighted by atomic mass is 10.1. The number of carbonyl (C=O) groups is 1. The summed E-state index contributed by atoms with van der Waals surface area (Å²) < 4.78 is 11.0. The van der Waals surface area contributed by atoms with Crippen molar-refractivity contribution in [3.63, 3.8) is 0 Å². The van der Waals surface area contributed by atoms with Crippen LogP contribution in [0, 0.1) is 0 Å². The van der Waals surface area contributed by atoms with E-state index in [1.54, 1.807) is 12.0 Å². The van der Waals surface area contributed by atoms with Crippen LogP contribution in [0.2, 0.25) is 0 Å². The van der Waals surface area contributed by atoms with E-state index in [1.807, 2.05) is 48.2 Å². The van der Waals surface area contributed by atoms with E-state index < -0.39 is 0 Å². The van der Waals surface area contributed by atoms with E-state index in [2.05, 4.69) is 30.9 Å². The van der Waals surface area contributed by atoms with E-state index in [1.165, 1.54) is 0 Å². The van der Waals surface area contributed by atoms with Gasteiger partial charge in [0.25, 0.3) is 5.91 Å². The van der Waals surface area contributed by atoms with E-state index >= 15 is 0 Å². The summed E-state index contributed by atoms with van der Waals surface area (Å²) in [6.07, 6.45) is 0. The number of benzene rings is 2. The molecule has 7 heteroatoms. The zero-order chi connectivity index (χ0) is 21.5. The van der Waals surface area contributed by atoms with Gasteiger partial charge in [0.15, 0.2) is 5.11 Å². The highest BCUT2D eigenvalue weighted by Gasteiger charge is 2.41. The van der Waals surface area contributed by atoms with Gasteiger partial charge in [-0.2, -0.15) is 0 Å². The van der Waals surface area contributed by atoms with Crippen LogP contribution < -0.4 is 19.4 Å². The Bertz CT molecular complexity index is 943. The van der Waals surface area contributed by atoms with Crippen molar-refractivity contribution in [3.05, 3.63) is 48.5 Å². The van der Waals surface area contributed by atoms with Gasteiger partial charge in [-0.3, -0.25) is 9.69 Å². The van der Waals surface area contributed by atoms with E-state index in [0.29, 0.717) is 11.7 Å². The van der Waals surface area contributed by atoms with Gasteiger partial charge < -0.3 is 19.3 Å². The Morgan fingerprint density at radius 3 is 2.23 bits per heavy atom. The van der Waals surface area contributed by atoms with E-state index in [-0.39, 0.29) is 17.6 Å². The number of methoxy groups -OCH3 is 1. The fourth-order valence-electron chi connectivity index (χ4n) is 4.03. The van der Waals surface area contributed by atoms with Crippen molar-refractivity contribution >= 4 is 40.3 Å². The van der Waals surface area contributed by atoms with Crippen molar-refractivity contribution in [1.29, 1.82) is 0 Å². The molecule has 30 heavy (non-hydrogen) atoms. The largest absolute Gasteiger partial charge is 0.497 e. The number of morpholine rings is 1. The standard InChI is InChI=1S/C23H27N3O3S/c1-16-21(27)26(19-9-11-20(28-4)12-10-19)22(30)25(16)18-7-5-17(6-8-18)24-13-14-29-23(2,3)15-24/h5-12,16H,13-15H2,1-4H3. The van der Waals surface area contributed by atoms with Gasteiger partial charge in [-0.05, 0) is 81.5 Å². The molecule has 1 unspecified atom stereocenters. The average Bonchev–Trinajstić information content (AvgIpc) is 2.96. The second-order valence-corrected chi connectivity index (χ2v) is 8.61. The molecule has 0 N–H and O–H groups in total. The molecule has 0 radical (unpaired) electrons. The van der Waals surface area contributed by atoms with E-state index in [4.69, 9.17) is 21.7 Å². The smallest absolute Gasteiger partial charge is 0.256 e. The molecular weight excluding hydrogens is 398 g/mol. The van der Waals surface area contributed by atoms with Gasteiger partial charge in [0.1, 0.15) is 11.8 Å². The fourth-order valence-corrected chi connectivity index (χ4v) is 4.49. The first-order valence-corrected chi connectivity index (χ1v) is 10.5. The van der Waals surface area contributed by atoms with Crippen LogP contribution in [-0.4, -0.2) is 49.5 Å². The van der Waals surface area contributed by atoms with Gasteiger partial charge >= 0.3 is 0 Å². The summed E-state index contributed by atoms with van der Waals surface area (Å²) in [6, 6.07) is 15.2. The van der Waals surface area contributed by atoms with Crippen LogP contribution >= 0.6 is 12.2 Å². The molecule has 2 saturated heterocycles. The molecule has 2 aromatic carbocycles. The summed E-state index contributed by atoms with van der Waals surface area (Å²) in [5.74, 6) is 0.701. The molecule has 158 valence electrons. The number of amides is 1. The number of ether oxygens (including phenoxy) is 2. The van der Waals surface area contributed by atoms with Crippen molar-refractivity contribution in [2.75, 3.05) is 41.5 Å². The number of thiocarbonyl (C=S) groups is 1. The van der Waals surface area contributed by atoms with Crippen molar-refractivity contribution in [2.45, 2.75) is 32.4 Å². The third-order valence-corrected chi connectivity index (χ3v) is 5.99. The summed E-state index contributed by atoms with van der Waals surface area (Å²) in [5.41, 5.74) is 2.64. The molecular formula is C23H27N3O3S. The van der Waals surface area contributed by atoms with Gasteiger partial charge in [0.2, 0.25) is 0 Å². The Morgan fingerprint density at radius 1 is 1.03 bits per heavy atom. The summed E-state index contributed by atoms with van der Waals surface area (Å²) in [6.45, 7) is 8.53. The van der Waals surface area contributed by atoms with Gasteiger partial charge in [0.05, 0.1) is 25.0 Å². The monoisotopic (exact) mass is 425 g/mol. The lowest BCUT2D eigenvalue weighted by Gasteiger charge is -2.39. The minimum absolute atomic E-state index is 0.0378. The van der Waals surface area contributed by atoms with Crippen LogP contribution in [0.15, 0.2) is 48.5 Å². The molecule has 2 aliphatic heterocycles. The van der Waals surface area contributed by atoms with Gasteiger partial charge in [0, 0.05) is 24.5 Å². The molecule has 2 heterocycles. The summed E-state index contributed by atoms with van der Waals surface area (Å²) in [4.78, 5) is 18.8. The van der Waals surface area contributed by atoms with Gasteiger partial charge in [-0.25, -0.2) is 0 Å². The van der Waals surface area contributed by atoms with Crippen molar-refractivity contribution in [2.24, 2.45) is 0 Å². The minimum Gasteiger partial charge on any atom is -0.497 e. The molecule has 0 bridgehead atoms. The van der Waals surface area contributed by atoms with Crippen molar-refractivity contribution in [1.82, 2.24) is 0 Å². The maximum absolute atomic E-state index is 13.0. The summed E-state index contributed by atoms with van der Waals surface area (Å²) in [5, 5.41) is 0.484. The van der Waals surface area contributed by atoms with Gasteiger partial charge in [-0.15, -0.1) is 0 Å². The van der Waals surface area contributed by atoms with Crippen LogP contribution in [0.5, 0.6) is 5.75 Å². The maximum atomic E-state index is 13.0. The Hall–Kier alpha value is -2.64. The minimum atomic E-state index is -0.368. The van der Waals surface area contributed by atoms with Crippen molar-refractivity contribution in [3.8, 4) is 5.75 Å². The SMILES string of the molecule is COc1ccc(N2C(=O)C(C)N(c3ccc(N4CCOC(C)(C)C4)cc3)C2=S)cc1. The highest BCUT2D eigenvalue weighted by atomic mass is 32.1. The average molecular weight is 426 g/mol. The lowest BCUT2D eigenvalue weighted by molar-refractivity contribution is -0.117. The molecule has 0 aliphatic carbocycles. The molecule has 0 spiro atoms. The van der Waals surface area contributed by atoms with E-state index in [9.17, 15) is 4.79 Å². The molecule has 2 fully saturated rings. The van der Waals surface area contributed by atoms with Crippen LogP contribution in [-0.2, 0) is 9.53 Å². The third kappa shape index (κ3) is 3.75. The van der Waals surface area contributed by atoms with Crippen LogP contribution in [0.25, 0.3) is 0 Å². The first-order chi connectivity index (χ1) is 14.3. The molecule has 0 saturated carbocycles. The first-order valence-electron chi connectivity index (χ1n) is 10.1. The zero-order valence-corrected chi connectivity index (χ0v) is 18.6. The first kappa shape index (κ1) is 20.6. The zero-order valence-electron chi connectivity index (χ0n) is 17.8. The van der Waals surface area contributed by atoms with Crippen molar-refractivity contribution < 1.29 is 14.3 Å². The molecule has 6 nitrogen and oxygen atoms in total. The highest BCUT2D eigenvalue weighted by molar-refractivity contribution is 7.81. The topological polar surface area (TPSA) is 45.2 Å². The van der Waals surface area contributed by atoms with Crippen LogP contribution in [0.1, 0.15) is 20.8 Å². The quantitative estimate of drug-likeness (QED) is 0.694. The second-order valence-electron chi connectivity index (χ2n) is 8.25. The van der Waals surface area contributed by atoms with Crippen LogP contribution in [0.4, 0.5) is 17.1 Å². The number of anilines is 3. The number of carbonyl (C=O) groups excluding carboxylic acids is 1. The van der Waals surface area contributed by atoms with E-state index in [0.717, 1.165) is 35.9 Å². The molecule has 4 rings (SSSR count). The molecule has 2 aliphatic rings. The Kier molecular flexibility index (Phi) is 5.42. The lowest BCUT2D eigenvalue weighted by Crippen LogP contribution is -2.48. The Morgan fingerprint density at radius 2 is 1.63 bits per heavy atom. The summed E-state index contributed by atoms with van der Waals surface area (Å²) in [7, 11) is 1.62. The van der Waals surface area contributed by atoms with Gasteiger partial charge in [-0.1, -0.05) is 0 Å². The second kappa shape index (κ2) is 7.89. The number of hydrogen-bond acceptors (Lipinski definition) is 5. The Balaban J connectivity index is 1.56. The maximum Gasteiger partial charge on any atom is 0.256 e. The predicted molar refractivity (Wildman–Crippen MR) is 124 cm³/mol. The highest BCUT2D eigenvalue weighted by Crippen LogP contribution is 2.32.